The van der Waals surface area contributed by atoms with E-state index in [9.17, 15) is 0 Å². The molecule has 0 nitrogen and oxygen atoms in total. The molecule has 0 radical (unpaired) electrons. The molecule has 0 aromatic carbocycles. The molecule has 0 N–H and O–H groups in total. The van der Waals surface area contributed by atoms with Crippen molar-refractivity contribution < 1.29 is 0 Å². The fourth-order valence-electron chi connectivity index (χ4n) is 1.57. The van der Waals surface area contributed by atoms with E-state index in [1.807, 2.05) is 0 Å². The smallest absolute Gasteiger partial charge is 0.0202 e. The van der Waals surface area contributed by atoms with Crippen LogP contribution < -0.4 is 0 Å². The Balaban J connectivity index is 2.14. The largest absolute Gasteiger partial charge is 0.0880 e. The minimum atomic E-state index is 1.01. The molecule has 7 heavy (non-hydrogen) atoms. The van der Waals surface area contributed by atoms with Gasteiger partial charge in [0.1, 0.15) is 0 Å². The Bertz CT molecular complexity index is 103. The standard InChI is InChI=1S/C7H10/c1-2-6-4-5-7(6)3-1/h1-2,6-7H,3-5H2/t6?,7-/m1/s1. The van der Waals surface area contributed by atoms with Crippen molar-refractivity contribution in [3.8, 4) is 0 Å². The van der Waals surface area contributed by atoms with Crippen molar-refractivity contribution >= 4 is 0 Å². The first kappa shape index (κ1) is 3.71. The van der Waals surface area contributed by atoms with Crippen LogP contribution in [0.2, 0.25) is 0 Å². The second-order valence-electron chi connectivity index (χ2n) is 2.67. The lowest BCUT2D eigenvalue weighted by molar-refractivity contribution is 0.249. The average Bonchev–Trinajstić information content (AvgIpc) is 1.85. The highest BCUT2D eigenvalue weighted by Gasteiger charge is 2.30. The number of fused-ring (bicyclic) bond motifs is 1. The lowest BCUT2D eigenvalue weighted by Gasteiger charge is -2.29. The maximum atomic E-state index is 2.38. The second kappa shape index (κ2) is 1.12. The van der Waals surface area contributed by atoms with Gasteiger partial charge in [0.25, 0.3) is 0 Å². The first-order valence-corrected chi connectivity index (χ1v) is 3.13. The predicted molar refractivity (Wildman–Crippen MR) is 30.0 cm³/mol. The van der Waals surface area contributed by atoms with Crippen molar-refractivity contribution in [1.82, 2.24) is 0 Å². The Morgan fingerprint density at radius 3 is 2.57 bits per heavy atom. The highest BCUT2D eigenvalue weighted by Crippen LogP contribution is 2.41. The van der Waals surface area contributed by atoms with Gasteiger partial charge < -0.3 is 0 Å². The first-order chi connectivity index (χ1) is 3.47. The molecule has 0 spiro atoms. The monoisotopic (exact) mass is 94.1 g/mol. The molecule has 0 aromatic rings. The van der Waals surface area contributed by atoms with Gasteiger partial charge in [0, 0.05) is 0 Å². The van der Waals surface area contributed by atoms with Gasteiger partial charge in [-0.05, 0) is 31.1 Å². The van der Waals surface area contributed by atoms with Crippen LogP contribution in [0.3, 0.4) is 0 Å². The molecule has 0 heteroatoms. The lowest BCUT2D eigenvalue weighted by atomic mass is 9.76. The summed E-state index contributed by atoms with van der Waals surface area (Å²) in [7, 11) is 0. The molecule has 0 aliphatic heterocycles. The maximum absolute atomic E-state index is 2.38. The molecule has 2 rings (SSSR count). The summed E-state index contributed by atoms with van der Waals surface area (Å²) in [6, 6.07) is 0. The number of hydrogen-bond donors (Lipinski definition) is 0. The van der Waals surface area contributed by atoms with E-state index in [1.54, 1.807) is 0 Å². The van der Waals surface area contributed by atoms with Crippen LogP contribution in [0.5, 0.6) is 0 Å². The van der Waals surface area contributed by atoms with Crippen molar-refractivity contribution in [2.45, 2.75) is 19.3 Å². The van der Waals surface area contributed by atoms with Crippen LogP contribution in [0.1, 0.15) is 19.3 Å². The van der Waals surface area contributed by atoms with Gasteiger partial charge in [-0.15, -0.1) is 0 Å². The SMILES string of the molecule is C1=CC2CC[C@H]2C1. The Morgan fingerprint density at radius 1 is 1.29 bits per heavy atom. The Labute approximate surface area is 44.2 Å². The van der Waals surface area contributed by atoms with Crippen LogP contribution in [0, 0.1) is 11.8 Å². The van der Waals surface area contributed by atoms with Gasteiger partial charge in [0.05, 0.1) is 0 Å². The molecule has 2 atom stereocenters. The van der Waals surface area contributed by atoms with E-state index in [0.717, 1.165) is 11.8 Å². The van der Waals surface area contributed by atoms with Crippen molar-refractivity contribution in [3.05, 3.63) is 12.2 Å². The van der Waals surface area contributed by atoms with Crippen molar-refractivity contribution in [2.75, 3.05) is 0 Å². The first-order valence-electron chi connectivity index (χ1n) is 3.13. The number of hydrogen-bond acceptors (Lipinski definition) is 0. The number of allylic oxidation sites excluding steroid dienone is 2. The molecule has 2 aliphatic rings. The highest BCUT2D eigenvalue weighted by molar-refractivity contribution is 5.05. The third-order valence-electron chi connectivity index (χ3n) is 2.30. The van der Waals surface area contributed by atoms with E-state index in [4.69, 9.17) is 0 Å². The zero-order chi connectivity index (χ0) is 4.69. The van der Waals surface area contributed by atoms with Crippen molar-refractivity contribution in [3.63, 3.8) is 0 Å². The molecule has 0 bridgehead atoms. The van der Waals surface area contributed by atoms with Crippen LogP contribution in [0.4, 0.5) is 0 Å². The van der Waals surface area contributed by atoms with E-state index >= 15 is 0 Å². The molecule has 0 amide bonds. The summed E-state index contributed by atoms with van der Waals surface area (Å²) in [6.45, 7) is 0. The van der Waals surface area contributed by atoms with Crippen LogP contribution in [0.25, 0.3) is 0 Å². The Hall–Kier alpha value is -0.260. The minimum absolute atomic E-state index is 1.01. The normalized spacial score (nSPS) is 45.7. The Morgan fingerprint density at radius 2 is 2.29 bits per heavy atom. The quantitative estimate of drug-likeness (QED) is 0.402. The fraction of sp³-hybridized carbons (Fsp3) is 0.714. The molecule has 1 saturated carbocycles. The predicted octanol–water partition coefficient (Wildman–Crippen LogP) is 1.97. The third-order valence-corrected chi connectivity index (χ3v) is 2.30. The molecular weight excluding hydrogens is 84.1 g/mol. The van der Waals surface area contributed by atoms with E-state index in [0.29, 0.717) is 0 Å². The molecule has 0 heterocycles. The fourth-order valence-corrected chi connectivity index (χ4v) is 1.57. The zero-order valence-electron chi connectivity index (χ0n) is 4.43. The number of rotatable bonds is 0. The molecule has 0 saturated heterocycles. The summed E-state index contributed by atoms with van der Waals surface area (Å²) in [5, 5.41) is 0. The average molecular weight is 94.2 g/mol. The summed E-state index contributed by atoms with van der Waals surface area (Å²) < 4.78 is 0. The van der Waals surface area contributed by atoms with Crippen LogP contribution >= 0.6 is 0 Å². The van der Waals surface area contributed by atoms with Gasteiger partial charge in [-0.1, -0.05) is 12.2 Å². The van der Waals surface area contributed by atoms with Gasteiger partial charge in [-0.2, -0.15) is 0 Å². The van der Waals surface area contributed by atoms with Crippen LogP contribution in [-0.4, -0.2) is 0 Å². The van der Waals surface area contributed by atoms with E-state index in [-0.39, 0.29) is 0 Å². The molecule has 0 aromatic heterocycles. The van der Waals surface area contributed by atoms with Gasteiger partial charge in [-0.3, -0.25) is 0 Å². The van der Waals surface area contributed by atoms with E-state index in [1.165, 1.54) is 19.3 Å². The summed E-state index contributed by atoms with van der Waals surface area (Å²) >= 11 is 0. The van der Waals surface area contributed by atoms with E-state index in [2.05, 4.69) is 12.2 Å². The minimum Gasteiger partial charge on any atom is -0.0880 e. The topological polar surface area (TPSA) is 0 Å². The Kier molecular flexibility index (Phi) is 0.592. The van der Waals surface area contributed by atoms with Gasteiger partial charge in [0.2, 0.25) is 0 Å². The second-order valence-corrected chi connectivity index (χ2v) is 2.67. The zero-order valence-corrected chi connectivity index (χ0v) is 4.43. The van der Waals surface area contributed by atoms with Gasteiger partial charge in [0.15, 0.2) is 0 Å². The third kappa shape index (κ3) is 0.370. The molecule has 2 aliphatic carbocycles. The summed E-state index contributed by atoms with van der Waals surface area (Å²) in [6.07, 6.45) is 9.07. The van der Waals surface area contributed by atoms with Crippen molar-refractivity contribution in [1.29, 1.82) is 0 Å². The lowest BCUT2D eigenvalue weighted by Crippen LogP contribution is -2.18. The molecule has 1 unspecified atom stereocenters. The van der Waals surface area contributed by atoms with Gasteiger partial charge in [-0.25, -0.2) is 0 Å². The molecule has 38 valence electrons. The van der Waals surface area contributed by atoms with E-state index < -0.39 is 0 Å². The maximum Gasteiger partial charge on any atom is -0.0202 e. The van der Waals surface area contributed by atoms with Crippen LogP contribution in [0.15, 0.2) is 12.2 Å². The van der Waals surface area contributed by atoms with Gasteiger partial charge >= 0.3 is 0 Å². The molecular formula is C7H10. The summed E-state index contributed by atoms with van der Waals surface area (Å²) in [5.74, 6) is 2.10. The summed E-state index contributed by atoms with van der Waals surface area (Å²) in [5.41, 5.74) is 0. The highest BCUT2D eigenvalue weighted by atomic mass is 14.3. The van der Waals surface area contributed by atoms with Crippen molar-refractivity contribution in [2.24, 2.45) is 11.8 Å². The summed E-state index contributed by atoms with van der Waals surface area (Å²) in [4.78, 5) is 0. The van der Waals surface area contributed by atoms with Crippen LogP contribution in [-0.2, 0) is 0 Å². The molecule has 1 fully saturated rings.